The van der Waals surface area contributed by atoms with Gasteiger partial charge in [0.25, 0.3) is 0 Å². The standard InChI is InChI=1S/C13H17F2NO3/c1-8(2)16-10(13(17)18)6-7-19-11-5-3-4-9(14)12(11)15/h3-5,8,10,16H,6-7H2,1-2H3,(H,17,18). The van der Waals surface area contributed by atoms with Crippen molar-refractivity contribution in [3.8, 4) is 5.75 Å². The van der Waals surface area contributed by atoms with E-state index in [2.05, 4.69) is 5.32 Å². The highest BCUT2D eigenvalue weighted by Crippen LogP contribution is 2.19. The number of aliphatic carboxylic acids is 1. The monoisotopic (exact) mass is 273 g/mol. The number of rotatable bonds is 7. The fourth-order valence-electron chi connectivity index (χ4n) is 1.56. The average Bonchev–Trinajstić information content (AvgIpc) is 2.32. The molecule has 4 nitrogen and oxygen atoms in total. The van der Waals surface area contributed by atoms with Gasteiger partial charge in [0.1, 0.15) is 6.04 Å². The fourth-order valence-corrected chi connectivity index (χ4v) is 1.56. The van der Waals surface area contributed by atoms with Crippen LogP contribution in [0.3, 0.4) is 0 Å². The smallest absolute Gasteiger partial charge is 0.320 e. The zero-order valence-corrected chi connectivity index (χ0v) is 10.8. The van der Waals surface area contributed by atoms with E-state index in [1.807, 2.05) is 13.8 Å². The number of hydrogen-bond acceptors (Lipinski definition) is 3. The van der Waals surface area contributed by atoms with E-state index in [4.69, 9.17) is 9.84 Å². The Labute approximate surface area is 110 Å². The summed E-state index contributed by atoms with van der Waals surface area (Å²) in [7, 11) is 0. The van der Waals surface area contributed by atoms with Crippen molar-refractivity contribution in [2.75, 3.05) is 6.61 Å². The Hall–Kier alpha value is -1.69. The van der Waals surface area contributed by atoms with Gasteiger partial charge in [0.2, 0.25) is 5.82 Å². The maximum Gasteiger partial charge on any atom is 0.320 e. The summed E-state index contributed by atoms with van der Waals surface area (Å²) in [5.74, 6) is -3.27. The van der Waals surface area contributed by atoms with Crippen LogP contribution < -0.4 is 10.1 Å². The topological polar surface area (TPSA) is 58.6 Å². The second-order valence-corrected chi connectivity index (χ2v) is 4.40. The second kappa shape index (κ2) is 7.04. The summed E-state index contributed by atoms with van der Waals surface area (Å²) in [5, 5.41) is 11.8. The molecule has 1 atom stereocenters. The van der Waals surface area contributed by atoms with Crippen LogP contribution in [0.2, 0.25) is 0 Å². The molecule has 0 aromatic heterocycles. The summed E-state index contributed by atoms with van der Waals surface area (Å²) in [6, 6.07) is 2.84. The SMILES string of the molecule is CC(C)NC(CCOc1cccc(F)c1F)C(=O)O. The van der Waals surface area contributed by atoms with Gasteiger partial charge in [-0.25, -0.2) is 4.39 Å². The van der Waals surface area contributed by atoms with Crippen LogP contribution in [-0.4, -0.2) is 29.8 Å². The maximum atomic E-state index is 13.3. The van der Waals surface area contributed by atoms with Crippen molar-refractivity contribution in [2.45, 2.75) is 32.4 Å². The van der Waals surface area contributed by atoms with Gasteiger partial charge in [-0.3, -0.25) is 4.79 Å². The van der Waals surface area contributed by atoms with E-state index < -0.39 is 23.6 Å². The van der Waals surface area contributed by atoms with Crippen LogP contribution in [0, 0.1) is 11.6 Å². The molecule has 0 aliphatic carbocycles. The van der Waals surface area contributed by atoms with Gasteiger partial charge in [0, 0.05) is 12.5 Å². The van der Waals surface area contributed by atoms with E-state index >= 15 is 0 Å². The van der Waals surface area contributed by atoms with Gasteiger partial charge in [-0.1, -0.05) is 19.9 Å². The van der Waals surface area contributed by atoms with Crippen LogP contribution in [0.5, 0.6) is 5.75 Å². The molecule has 1 aromatic carbocycles. The molecule has 0 bridgehead atoms. The van der Waals surface area contributed by atoms with Crippen LogP contribution in [0.1, 0.15) is 20.3 Å². The Kier molecular flexibility index (Phi) is 5.69. The Bertz CT molecular complexity index is 438. The molecule has 0 saturated carbocycles. The van der Waals surface area contributed by atoms with Crippen LogP contribution >= 0.6 is 0 Å². The first-order valence-corrected chi connectivity index (χ1v) is 5.97. The molecule has 1 aromatic rings. The van der Waals surface area contributed by atoms with Crippen LogP contribution in [0.25, 0.3) is 0 Å². The average molecular weight is 273 g/mol. The number of benzene rings is 1. The largest absolute Gasteiger partial charge is 0.490 e. The molecule has 0 aliphatic rings. The van der Waals surface area contributed by atoms with E-state index in [9.17, 15) is 13.6 Å². The number of ether oxygens (including phenoxy) is 1. The van der Waals surface area contributed by atoms with Gasteiger partial charge in [-0.05, 0) is 12.1 Å². The van der Waals surface area contributed by atoms with E-state index in [1.54, 1.807) is 0 Å². The lowest BCUT2D eigenvalue weighted by Gasteiger charge is -2.17. The van der Waals surface area contributed by atoms with E-state index in [-0.39, 0.29) is 24.8 Å². The quantitative estimate of drug-likeness (QED) is 0.799. The Balaban J connectivity index is 2.52. The Morgan fingerprint density at radius 2 is 2.11 bits per heavy atom. The molecule has 0 saturated heterocycles. The lowest BCUT2D eigenvalue weighted by atomic mass is 10.2. The molecular weight excluding hydrogens is 256 g/mol. The predicted octanol–water partition coefficient (Wildman–Crippen LogP) is 2.18. The summed E-state index contributed by atoms with van der Waals surface area (Å²) in [6.45, 7) is 3.63. The zero-order valence-electron chi connectivity index (χ0n) is 10.8. The molecule has 19 heavy (non-hydrogen) atoms. The van der Waals surface area contributed by atoms with Gasteiger partial charge < -0.3 is 15.2 Å². The predicted molar refractivity (Wildman–Crippen MR) is 66.2 cm³/mol. The molecular formula is C13H17F2NO3. The van der Waals surface area contributed by atoms with Crippen molar-refractivity contribution in [1.82, 2.24) is 5.32 Å². The normalized spacial score (nSPS) is 12.5. The molecule has 1 unspecified atom stereocenters. The molecule has 0 amide bonds. The van der Waals surface area contributed by atoms with Crippen molar-refractivity contribution in [3.05, 3.63) is 29.8 Å². The highest BCUT2D eigenvalue weighted by molar-refractivity contribution is 5.73. The third-order valence-electron chi connectivity index (χ3n) is 2.41. The third kappa shape index (κ3) is 4.82. The van der Waals surface area contributed by atoms with Crippen LogP contribution in [0.4, 0.5) is 8.78 Å². The van der Waals surface area contributed by atoms with Gasteiger partial charge in [-0.2, -0.15) is 4.39 Å². The fraction of sp³-hybridized carbons (Fsp3) is 0.462. The Morgan fingerprint density at radius 3 is 2.68 bits per heavy atom. The van der Waals surface area contributed by atoms with E-state index in [0.717, 1.165) is 6.07 Å². The number of halogens is 2. The summed E-state index contributed by atoms with van der Waals surface area (Å²) >= 11 is 0. The summed E-state index contributed by atoms with van der Waals surface area (Å²) in [4.78, 5) is 10.9. The van der Waals surface area contributed by atoms with Crippen molar-refractivity contribution < 1.29 is 23.4 Å². The van der Waals surface area contributed by atoms with Crippen LogP contribution in [0.15, 0.2) is 18.2 Å². The third-order valence-corrected chi connectivity index (χ3v) is 2.41. The first kappa shape index (κ1) is 15.4. The van der Waals surface area contributed by atoms with Crippen LogP contribution in [-0.2, 0) is 4.79 Å². The number of carboxylic acid groups (broad SMARTS) is 1. The lowest BCUT2D eigenvalue weighted by molar-refractivity contribution is -0.140. The molecule has 2 N–H and O–H groups in total. The van der Waals surface area contributed by atoms with Crippen molar-refractivity contribution >= 4 is 5.97 Å². The molecule has 0 spiro atoms. The molecule has 6 heteroatoms. The molecule has 106 valence electrons. The summed E-state index contributed by atoms with van der Waals surface area (Å²) in [5.41, 5.74) is 0. The second-order valence-electron chi connectivity index (χ2n) is 4.40. The van der Waals surface area contributed by atoms with E-state index in [1.165, 1.54) is 12.1 Å². The zero-order chi connectivity index (χ0) is 14.4. The highest BCUT2D eigenvalue weighted by Gasteiger charge is 2.18. The molecule has 0 aliphatic heterocycles. The first-order valence-electron chi connectivity index (χ1n) is 5.97. The van der Waals surface area contributed by atoms with Crippen molar-refractivity contribution in [2.24, 2.45) is 0 Å². The first-order chi connectivity index (χ1) is 8.91. The van der Waals surface area contributed by atoms with Crippen molar-refractivity contribution in [1.29, 1.82) is 0 Å². The lowest BCUT2D eigenvalue weighted by Crippen LogP contribution is -2.41. The summed E-state index contributed by atoms with van der Waals surface area (Å²) in [6.07, 6.45) is 0.156. The summed E-state index contributed by atoms with van der Waals surface area (Å²) < 4.78 is 31.2. The van der Waals surface area contributed by atoms with Gasteiger partial charge in [-0.15, -0.1) is 0 Å². The minimum Gasteiger partial charge on any atom is -0.490 e. The van der Waals surface area contributed by atoms with E-state index in [0.29, 0.717) is 0 Å². The number of hydrogen-bond donors (Lipinski definition) is 2. The van der Waals surface area contributed by atoms with Gasteiger partial charge in [0.05, 0.1) is 6.61 Å². The number of carboxylic acids is 1. The van der Waals surface area contributed by atoms with Gasteiger partial charge in [0.15, 0.2) is 11.6 Å². The molecule has 1 rings (SSSR count). The van der Waals surface area contributed by atoms with Crippen molar-refractivity contribution in [3.63, 3.8) is 0 Å². The number of carbonyl (C=O) groups is 1. The molecule has 0 fully saturated rings. The van der Waals surface area contributed by atoms with Gasteiger partial charge >= 0.3 is 5.97 Å². The highest BCUT2D eigenvalue weighted by atomic mass is 19.2. The Morgan fingerprint density at radius 1 is 1.42 bits per heavy atom. The number of nitrogens with one attached hydrogen (secondary N) is 1. The minimum absolute atomic E-state index is 0.00649. The minimum atomic E-state index is -1.06. The maximum absolute atomic E-state index is 13.3. The molecule has 0 heterocycles. The molecule has 0 radical (unpaired) electrons.